The molecule has 1 aliphatic rings. The number of hydrogen-bond donors (Lipinski definition) is 8. The fraction of sp³-hybridized carbons (Fsp3) is 0.611. The molecule has 14 nitrogen and oxygen atoms in total. The minimum Gasteiger partial charge on any atom is -0.370 e. The molecule has 0 spiro atoms. The number of hydrogen-bond acceptors (Lipinski definition) is 8. The van der Waals surface area contributed by atoms with Crippen LogP contribution in [0.5, 0.6) is 0 Å². The van der Waals surface area contributed by atoms with E-state index in [4.69, 9.17) is 11.5 Å². The van der Waals surface area contributed by atoms with Gasteiger partial charge in [-0.3, -0.25) is 28.8 Å². The quantitative estimate of drug-likeness (QED) is 0.168. The van der Waals surface area contributed by atoms with E-state index in [1.807, 2.05) is 51.2 Å². The van der Waals surface area contributed by atoms with E-state index < -0.39 is 60.1 Å². The first-order valence-electron chi connectivity index (χ1n) is 18.0. The van der Waals surface area contributed by atoms with Gasteiger partial charge in [-0.2, -0.15) is 11.8 Å². The van der Waals surface area contributed by atoms with Gasteiger partial charge in [-0.25, -0.2) is 0 Å². The molecule has 10 N–H and O–H groups in total. The zero-order chi connectivity index (χ0) is 37.5. The first-order valence-corrected chi connectivity index (χ1v) is 19.2. The van der Waals surface area contributed by atoms with Gasteiger partial charge in [-0.1, -0.05) is 58.7 Å². The highest BCUT2D eigenvalue weighted by Crippen LogP contribution is 2.20. The molecule has 15 heteroatoms. The molecule has 1 aliphatic heterocycles. The van der Waals surface area contributed by atoms with E-state index in [9.17, 15) is 28.8 Å². The number of primary amides is 1. The molecule has 1 saturated heterocycles. The Bertz CT molecular complexity index is 1500. The molecule has 0 bridgehead atoms. The highest BCUT2D eigenvalue weighted by Gasteiger charge is 2.36. The predicted octanol–water partition coefficient (Wildman–Crippen LogP) is 1.37. The number of H-pyrrole nitrogens is 1. The molecule has 1 aromatic heterocycles. The first-order chi connectivity index (χ1) is 24.4. The van der Waals surface area contributed by atoms with E-state index in [0.717, 1.165) is 16.5 Å². The molecule has 2 aromatic rings. The third kappa shape index (κ3) is 12.6. The number of para-hydroxylation sites is 1. The van der Waals surface area contributed by atoms with E-state index in [-0.39, 0.29) is 36.6 Å². The van der Waals surface area contributed by atoms with Crippen LogP contribution in [0.1, 0.15) is 78.2 Å². The number of carbonyl (C=O) groups excluding carboxylic acids is 6. The van der Waals surface area contributed by atoms with Gasteiger partial charge in [-0.15, -0.1) is 0 Å². The third-order valence-corrected chi connectivity index (χ3v) is 10.7. The van der Waals surface area contributed by atoms with Crippen LogP contribution in [0.15, 0.2) is 30.5 Å². The van der Waals surface area contributed by atoms with Crippen LogP contribution < -0.4 is 38.1 Å². The molecule has 51 heavy (non-hydrogen) atoms. The first kappa shape index (κ1) is 41.3. The summed E-state index contributed by atoms with van der Waals surface area (Å²) in [5.41, 5.74) is 13.0. The van der Waals surface area contributed by atoms with Crippen molar-refractivity contribution in [2.45, 2.75) is 109 Å². The number of nitrogens with two attached hydrogens (primary N) is 2. The van der Waals surface area contributed by atoms with Gasteiger partial charge < -0.3 is 43.0 Å². The Balaban J connectivity index is 1.98. The average Bonchev–Trinajstić information content (AvgIpc) is 3.51. The largest absolute Gasteiger partial charge is 0.370 e. The topological polar surface area (TPSA) is 230 Å². The van der Waals surface area contributed by atoms with Crippen LogP contribution in [0, 0.1) is 11.8 Å². The number of carbonyl (C=O) groups is 6. The van der Waals surface area contributed by atoms with Crippen LogP contribution in [0.4, 0.5) is 0 Å². The number of rotatable bonds is 11. The van der Waals surface area contributed by atoms with E-state index in [1.54, 1.807) is 18.7 Å². The molecular weight excluding hydrogens is 673 g/mol. The summed E-state index contributed by atoms with van der Waals surface area (Å²) in [4.78, 5) is 83.8. The molecule has 282 valence electrons. The van der Waals surface area contributed by atoms with Crippen LogP contribution in [0.3, 0.4) is 0 Å². The zero-order valence-corrected chi connectivity index (χ0v) is 31.0. The SMILES string of the molecule is CC[C@H](C)C1NC(=O)[C@H]([C@@H](C)CC)NC(=O)[C@@H](Cc2c[nH]c3ccccc23)NC(=O)CCCSC[C@H](CCCN)NC(=O)[C@H](CC(N)=O)NC1=O. The van der Waals surface area contributed by atoms with Crippen molar-refractivity contribution in [1.82, 2.24) is 31.6 Å². The smallest absolute Gasteiger partial charge is 0.243 e. The summed E-state index contributed by atoms with van der Waals surface area (Å²) >= 11 is 1.56. The van der Waals surface area contributed by atoms with Gasteiger partial charge in [0.05, 0.1) is 6.42 Å². The Labute approximate surface area is 304 Å². The monoisotopic (exact) mass is 728 g/mol. The Hall–Kier alpha value is -4.11. The van der Waals surface area contributed by atoms with Gasteiger partial charge in [0.1, 0.15) is 24.2 Å². The summed E-state index contributed by atoms with van der Waals surface area (Å²) in [6, 6.07) is 2.98. The number of fused-ring (bicyclic) bond motifs is 1. The lowest BCUT2D eigenvalue weighted by Crippen LogP contribution is -2.61. The highest BCUT2D eigenvalue weighted by molar-refractivity contribution is 7.99. The molecule has 2 heterocycles. The summed E-state index contributed by atoms with van der Waals surface area (Å²) in [5, 5.41) is 15.1. The van der Waals surface area contributed by atoms with Gasteiger partial charge in [-0.05, 0) is 55.0 Å². The number of aromatic amines is 1. The van der Waals surface area contributed by atoms with Crippen LogP contribution in [-0.4, -0.2) is 88.7 Å². The van der Waals surface area contributed by atoms with Gasteiger partial charge >= 0.3 is 0 Å². The highest BCUT2D eigenvalue weighted by atomic mass is 32.2. The lowest BCUT2D eigenvalue weighted by molar-refractivity contribution is -0.136. The zero-order valence-electron chi connectivity index (χ0n) is 30.2. The second-order valence-corrected chi connectivity index (χ2v) is 14.6. The molecule has 1 fully saturated rings. The molecule has 0 aliphatic carbocycles. The fourth-order valence-corrected chi connectivity index (χ4v) is 7.04. The van der Waals surface area contributed by atoms with Crippen molar-refractivity contribution < 1.29 is 28.8 Å². The van der Waals surface area contributed by atoms with E-state index in [2.05, 4.69) is 31.6 Å². The lowest BCUT2D eigenvalue weighted by Gasteiger charge is -2.31. The Morgan fingerprint density at radius 2 is 1.49 bits per heavy atom. The molecule has 3 rings (SSSR count). The van der Waals surface area contributed by atoms with Gasteiger partial charge in [0.25, 0.3) is 0 Å². The summed E-state index contributed by atoms with van der Waals surface area (Å²) in [7, 11) is 0. The van der Waals surface area contributed by atoms with Crippen molar-refractivity contribution >= 4 is 58.1 Å². The number of thioether (sulfide) groups is 1. The maximum Gasteiger partial charge on any atom is 0.243 e. The minimum absolute atomic E-state index is 0.170. The van der Waals surface area contributed by atoms with Crippen molar-refractivity contribution in [3.8, 4) is 0 Å². The number of benzene rings is 1. The number of amides is 6. The third-order valence-electron chi connectivity index (χ3n) is 9.49. The molecule has 0 radical (unpaired) electrons. The van der Waals surface area contributed by atoms with Crippen molar-refractivity contribution in [3.05, 3.63) is 36.0 Å². The van der Waals surface area contributed by atoms with E-state index >= 15 is 0 Å². The van der Waals surface area contributed by atoms with Crippen LogP contribution >= 0.6 is 11.8 Å². The fourth-order valence-electron chi connectivity index (χ4n) is 5.99. The van der Waals surface area contributed by atoms with Crippen LogP contribution in [-0.2, 0) is 35.2 Å². The maximum absolute atomic E-state index is 14.0. The normalized spacial score (nSPS) is 24.7. The Morgan fingerprint density at radius 1 is 0.863 bits per heavy atom. The second kappa shape index (κ2) is 20.7. The maximum atomic E-state index is 14.0. The van der Waals surface area contributed by atoms with Crippen molar-refractivity contribution in [2.24, 2.45) is 23.3 Å². The summed E-state index contributed by atoms with van der Waals surface area (Å²) in [6.07, 6.45) is 4.50. The summed E-state index contributed by atoms with van der Waals surface area (Å²) in [5.74, 6) is -3.00. The van der Waals surface area contributed by atoms with Crippen molar-refractivity contribution in [2.75, 3.05) is 18.1 Å². The van der Waals surface area contributed by atoms with Gasteiger partial charge in [0.2, 0.25) is 35.4 Å². The predicted molar refractivity (Wildman–Crippen MR) is 199 cm³/mol. The molecule has 0 saturated carbocycles. The van der Waals surface area contributed by atoms with Gasteiger partial charge in [0, 0.05) is 41.7 Å². The molecular formula is C36H56N8O6S. The molecule has 6 amide bonds. The summed E-state index contributed by atoms with van der Waals surface area (Å²) < 4.78 is 0. The van der Waals surface area contributed by atoms with Crippen molar-refractivity contribution in [1.29, 1.82) is 0 Å². The van der Waals surface area contributed by atoms with Crippen molar-refractivity contribution in [3.63, 3.8) is 0 Å². The van der Waals surface area contributed by atoms with Crippen LogP contribution in [0.2, 0.25) is 0 Å². The second-order valence-electron chi connectivity index (χ2n) is 13.5. The van der Waals surface area contributed by atoms with E-state index in [1.165, 1.54) is 0 Å². The standard InChI is InChI=1S/C36H56N8O6S/c1-5-21(3)31-35(49)42-28(18-29(38)45)33(47)40-24(11-9-15-37)20-51-16-10-14-30(46)41-27(17-23-19-39-26-13-8-7-12-25(23)26)34(48)43-32(22(4)6-2)36(50)44-31/h7-8,12-13,19,21-22,24,27-28,31-32,39H,5-6,9-11,14-18,20,37H2,1-4H3,(H2,38,45)(H,40,47)(H,41,46)(H,42,49)(H,43,48)(H,44,50)/t21-,22-,24-,27+,28-,31?,32-/m0/s1. The van der Waals surface area contributed by atoms with Gasteiger partial charge in [0.15, 0.2) is 0 Å². The molecule has 1 unspecified atom stereocenters. The average molecular weight is 729 g/mol. The van der Waals surface area contributed by atoms with Crippen LogP contribution in [0.25, 0.3) is 10.9 Å². The number of aromatic nitrogens is 1. The number of nitrogens with one attached hydrogen (secondary N) is 6. The molecule has 7 atom stereocenters. The van der Waals surface area contributed by atoms with E-state index in [0.29, 0.717) is 50.2 Å². The molecule has 1 aromatic carbocycles. The lowest BCUT2D eigenvalue weighted by atomic mass is 9.94. The minimum atomic E-state index is -1.27. The Morgan fingerprint density at radius 3 is 2.14 bits per heavy atom. The Kier molecular flexibility index (Phi) is 16.7. The summed E-state index contributed by atoms with van der Waals surface area (Å²) in [6.45, 7) is 7.77.